The van der Waals surface area contributed by atoms with Gasteiger partial charge in [0.15, 0.2) is 11.5 Å². The van der Waals surface area contributed by atoms with Crippen LogP contribution in [0.5, 0.6) is 11.5 Å². The third-order valence-corrected chi connectivity index (χ3v) is 6.39. The van der Waals surface area contributed by atoms with Crippen LogP contribution in [0.4, 0.5) is 0 Å². The van der Waals surface area contributed by atoms with Gasteiger partial charge in [-0.2, -0.15) is 0 Å². The van der Waals surface area contributed by atoms with Crippen molar-refractivity contribution >= 4 is 17.4 Å². The molecule has 3 heterocycles. The molecule has 0 spiro atoms. The van der Waals surface area contributed by atoms with Gasteiger partial charge in [-0.3, -0.25) is 14.5 Å². The molecule has 0 saturated carbocycles. The van der Waals surface area contributed by atoms with E-state index in [1.54, 1.807) is 0 Å². The Hall–Kier alpha value is -3.32. The molecule has 1 fully saturated rings. The van der Waals surface area contributed by atoms with Crippen LogP contribution in [0.3, 0.4) is 0 Å². The summed E-state index contributed by atoms with van der Waals surface area (Å²) in [5.74, 6) is 0.851. The highest BCUT2D eigenvalue weighted by Crippen LogP contribution is 2.37. The van der Waals surface area contributed by atoms with Crippen LogP contribution in [-0.2, 0) is 16.1 Å². The van der Waals surface area contributed by atoms with Gasteiger partial charge in [0.05, 0.1) is 12.1 Å². The largest absolute Gasteiger partial charge is 0.454 e. The van der Waals surface area contributed by atoms with Gasteiger partial charge in [-0.15, -0.1) is 0 Å². The fourth-order valence-corrected chi connectivity index (χ4v) is 4.59. The summed E-state index contributed by atoms with van der Waals surface area (Å²) < 4.78 is 10.8. The van der Waals surface area contributed by atoms with Gasteiger partial charge in [-0.05, 0) is 49.7 Å². The minimum atomic E-state index is -0.242. The summed E-state index contributed by atoms with van der Waals surface area (Å²) in [6, 6.07) is 11.6. The molecule has 2 aromatic carbocycles. The molecule has 7 nitrogen and oxygen atoms in total. The van der Waals surface area contributed by atoms with Gasteiger partial charge in [0, 0.05) is 26.2 Å². The SMILES string of the molecule is Cc1ccc(C2=C(N3CCN(C)CC3)C(=O)N(Cc3ccc4c(c3)OCO4)C2=O)c(C)c1. The van der Waals surface area contributed by atoms with E-state index in [-0.39, 0.29) is 25.2 Å². The first-order valence-electron chi connectivity index (χ1n) is 10.9. The van der Waals surface area contributed by atoms with E-state index in [9.17, 15) is 9.59 Å². The first-order chi connectivity index (χ1) is 15.4. The molecule has 0 aromatic heterocycles. The van der Waals surface area contributed by atoms with Crippen molar-refractivity contribution < 1.29 is 19.1 Å². The number of ether oxygens (including phenoxy) is 2. The number of carbonyl (C=O) groups is 2. The molecule has 3 aliphatic heterocycles. The molecule has 1 saturated heterocycles. The third-order valence-electron chi connectivity index (χ3n) is 6.39. The molecule has 0 atom stereocenters. The molecule has 0 N–H and O–H groups in total. The molecule has 2 amide bonds. The predicted octanol–water partition coefficient (Wildman–Crippen LogP) is 2.56. The number of hydrogen-bond donors (Lipinski definition) is 0. The van der Waals surface area contributed by atoms with Gasteiger partial charge < -0.3 is 19.3 Å². The summed E-state index contributed by atoms with van der Waals surface area (Å²) in [7, 11) is 2.07. The van der Waals surface area contributed by atoms with Crippen LogP contribution in [0.15, 0.2) is 42.1 Å². The second-order valence-electron chi connectivity index (χ2n) is 8.72. The Morgan fingerprint density at radius 1 is 0.875 bits per heavy atom. The molecule has 32 heavy (non-hydrogen) atoms. The maximum atomic E-state index is 13.7. The Balaban J connectivity index is 1.52. The smallest absolute Gasteiger partial charge is 0.278 e. The number of benzene rings is 2. The van der Waals surface area contributed by atoms with Gasteiger partial charge in [0.25, 0.3) is 11.8 Å². The fourth-order valence-electron chi connectivity index (χ4n) is 4.59. The Bertz CT molecular complexity index is 1130. The van der Waals surface area contributed by atoms with Crippen molar-refractivity contribution in [1.29, 1.82) is 0 Å². The van der Waals surface area contributed by atoms with E-state index in [4.69, 9.17) is 9.47 Å². The summed E-state index contributed by atoms with van der Waals surface area (Å²) in [5, 5.41) is 0. The average Bonchev–Trinajstić information content (AvgIpc) is 3.33. The highest BCUT2D eigenvalue weighted by atomic mass is 16.7. The quantitative estimate of drug-likeness (QED) is 0.691. The van der Waals surface area contributed by atoms with Gasteiger partial charge >= 0.3 is 0 Å². The van der Waals surface area contributed by atoms with E-state index < -0.39 is 0 Å². The Labute approximate surface area is 187 Å². The monoisotopic (exact) mass is 433 g/mol. The number of rotatable bonds is 4. The lowest BCUT2D eigenvalue weighted by Crippen LogP contribution is -2.46. The van der Waals surface area contributed by atoms with E-state index >= 15 is 0 Å². The van der Waals surface area contributed by atoms with Gasteiger partial charge in [0.1, 0.15) is 5.70 Å². The highest BCUT2D eigenvalue weighted by Gasteiger charge is 2.42. The summed E-state index contributed by atoms with van der Waals surface area (Å²) >= 11 is 0. The van der Waals surface area contributed by atoms with Crippen molar-refractivity contribution in [3.05, 3.63) is 64.3 Å². The summed E-state index contributed by atoms with van der Waals surface area (Å²) in [6.45, 7) is 7.55. The molecule has 0 unspecified atom stereocenters. The van der Waals surface area contributed by atoms with Crippen molar-refractivity contribution in [3.63, 3.8) is 0 Å². The number of likely N-dealkylation sites (N-methyl/N-ethyl adjacent to an activating group) is 1. The van der Waals surface area contributed by atoms with Crippen LogP contribution in [-0.4, -0.2) is 66.5 Å². The van der Waals surface area contributed by atoms with Crippen LogP contribution in [0, 0.1) is 13.8 Å². The van der Waals surface area contributed by atoms with Gasteiger partial charge in [-0.25, -0.2) is 0 Å². The number of aryl methyl sites for hydroxylation is 2. The molecule has 3 aliphatic rings. The molecule has 2 aromatic rings. The number of hydrogen-bond acceptors (Lipinski definition) is 6. The zero-order chi connectivity index (χ0) is 22.4. The number of amides is 2. The van der Waals surface area contributed by atoms with Crippen LogP contribution in [0.1, 0.15) is 22.3 Å². The second-order valence-corrected chi connectivity index (χ2v) is 8.72. The van der Waals surface area contributed by atoms with Crippen molar-refractivity contribution in [2.24, 2.45) is 0 Å². The summed E-state index contributed by atoms with van der Waals surface area (Å²) in [4.78, 5) is 33.0. The fraction of sp³-hybridized carbons (Fsp3) is 0.360. The molecule has 166 valence electrons. The molecule has 0 aliphatic carbocycles. The molecule has 0 bridgehead atoms. The lowest BCUT2D eigenvalue weighted by atomic mass is 9.97. The Morgan fingerprint density at radius 3 is 2.38 bits per heavy atom. The van der Waals surface area contributed by atoms with E-state index in [0.717, 1.165) is 48.4 Å². The Morgan fingerprint density at radius 2 is 1.62 bits per heavy atom. The van der Waals surface area contributed by atoms with E-state index in [1.807, 2.05) is 44.2 Å². The zero-order valence-electron chi connectivity index (χ0n) is 18.7. The zero-order valence-corrected chi connectivity index (χ0v) is 18.7. The summed E-state index contributed by atoms with van der Waals surface area (Å²) in [6.07, 6.45) is 0. The topological polar surface area (TPSA) is 62.3 Å². The van der Waals surface area contributed by atoms with E-state index in [2.05, 4.69) is 22.9 Å². The first kappa shape index (κ1) is 20.6. The molecular formula is C25H27N3O4. The van der Waals surface area contributed by atoms with Crippen molar-refractivity contribution in [3.8, 4) is 11.5 Å². The van der Waals surface area contributed by atoms with Crippen LogP contribution >= 0.6 is 0 Å². The van der Waals surface area contributed by atoms with E-state index in [1.165, 1.54) is 4.90 Å². The molecule has 0 radical (unpaired) electrons. The Kier molecular flexibility index (Phi) is 5.13. The summed E-state index contributed by atoms with van der Waals surface area (Å²) in [5.41, 5.74) is 4.82. The highest BCUT2D eigenvalue weighted by molar-refractivity contribution is 6.35. The first-order valence-corrected chi connectivity index (χ1v) is 10.9. The lowest BCUT2D eigenvalue weighted by molar-refractivity contribution is -0.138. The molecule has 7 heteroatoms. The van der Waals surface area contributed by atoms with Gasteiger partial charge in [-0.1, -0.05) is 29.8 Å². The molecule has 5 rings (SSSR count). The number of fused-ring (bicyclic) bond motifs is 1. The lowest BCUT2D eigenvalue weighted by Gasteiger charge is -2.34. The number of carbonyl (C=O) groups excluding carboxylic acids is 2. The standard InChI is InChI=1S/C25H27N3O4/c1-16-4-6-19(17(2)12-16)22-23(27-10-8-26(3)9-11-27)25(30)28(24(22)29)14-18-5-7-20-21(13-18)32-15-31-20/h4-7,12-13H,8-11,14-15H2,1-3H3. The molecular weight excluding hydrogens is 406 g/mol. The normalized spacial score (nSPS) is 18.8. The van der Waals surface area contributed by atoms with Crippen molar-refractivity contribution in [2.45, 2.75) is 20.4 Å². The number of nitrogens with zero attached hydrogens (tertiary/aromatic N) is 3. The van der Waals surface area contributed by atoms with Crippen LogP contribution < -0.4 is 9.47 Å². The van der Waals surface area contributed by atoms with Crippen molar-refractivity contribution in [1.82, 2.24) is 14.7 Å². The van der Waals surface area contributed by atoms with Crippen LogP contribution in [0.25, 0.3) is 5.57 Å². The van der Waals surface area contributed by atoms with E-state index in [0.29, 0.717) is 22.8 Å². The van der Waals surface area contributed by atoms with Gasteiger partial charge in [0.2, 0.25) is 6.79 Å². The van der Waals surface area contributed by atoms with Crippen molar-refractivity contribution in [2.75, 3.05) is 40.0 Å². The maximum Gasteiger partial charge on any atom is 0.278 e. The maximum absolute atomic E-state index is 13.7. The predicted molar refractivity (Wildman–Crippen MR) is 120 cm³/mol. The second kappa shape index (κ2) is 7.98. The number of piperazine rings is 1. The third kappa shape index (κ3) is 3.52. The average molecular weight is 434 g/mol. The minimum absolute atomic E-state index is 0.187. The number of imide groups is 1. The minimum Gasteiger partial charge on any atom is -0.454 e. The van der Waals surface area contributed by atoms with Crippen LogP contribution in [0.2, 0.25) is 0 Å².